The molecule has 2 rings (SSSR count). The summed E-state index contributed by atoms with van der Waals surface area (Å²) in [6.45, 7) is 3.62. The molecule has 0 bridgehead atoms. The summed E-state index contributed by atoms with van der Waals surface area (Å²) in [7, 11) is 0. The molecular formula is C13H17NO3. The number of para-hydroxylation sites is 1. The number of nitrogens with zero attached hydrogens (tertiary/aromatic N) is 1. The number of hydrogen-bond donors (Lipinski definition) is 0. The fraction of sp³-hybridized carbons (Fsp3) is 0.462. The van der Waals surface area contributed by atoms with Crippen LogP contribution in [0.15, 0.2) is 30.3 Å². The van der Waals surface area contributed by atoms with Crippen molar-refractivity contribution in [2.24, 2.45) is 0 Å². The molecule has 0 radical (unpaired) electrons. The van der Waals surface area contributed by atoms with Crippen LogP contribution in [0.2, 0.25) is 0 Å². The Hall–Kier alpha value is -1.55. The van der Waals surface area contributed by atoms with Gasteiger partial charge in [0.2, 0.25) is 5.91 Å². The fourth-order valence-corrected chi connectivity index (χ4v) is 1.84. The van der Waals surface area contributed by atoms with Gasteiger partial charge in [0.15, 0.2) is 0 Å². The summed E-state index contributed by atoms with van der Waals surface area (Å²) in [6, 6.07) is 9.51. The van der Waals surface area contributed by atoms with Gasteiger partial charge in [-0.25, -0.2) is 0 Å². The van der Waals surface area contributed by atoms with Crippen LogP contribution in [0.4, 0.5) is 0 Å². The number of carbonyl (C=O) groups is 1. The van der Waals surface area contributed by atoms with E-state index in [1.807, 2.05) is 37.3 Å². The molecule has 17 heavy (non-hydrogen) atoms. The summed E-state index contributed by atoms with van der Waals surface area (Å²) in [5.74, 6) is 0.886. The number of ether oxygens (including phenoxy) is 2. The molecule has 1 amide bonds. The van der Waals surface area contributed by atoms with Gasteiger partial charge in [-0.1, -0.05) is 18.2 Å². The summed E-state index contributed by atoms with van der Waals surface area (Å²) in [5, 5.41) is 0. The quantitative estimate of drug-likeness (QED) is 0.796. The highest BCUT2D eigenvalue weighted by molar-refractivity contribution is 5.76. The predicted octanol–water partition coefficient (Wildman–Crippen LogP) is 1.66. The average Bonchev–Trinajstić information content (AvgIpc) is 2.77. The molecule has 1 fully saturated rings. The minimum absolute atomic E-state index is 0.0888. The molecule has 1 aromatic carbocycles. The number of rotatable bonds is 4. The monoisotopic (exact) mass is 235 g/mol. The van der Waals surface area contributed by atoms with Crippen molar-refractivity contribution in [3.63, 3.8) is 0 Å². The number of hydrogen-bond acceptors (Lipinski definition) is 3. The Labute approximate surface area is 101 Å². The van der Waals surface area contributed by atoms with Crippen LogP contribution in [0.25, 0.3) is 0 Å². The van der Waals surface area contributed by atoms with Gasteiger partial charge in [-0.15, -0.1) is 0 Å². The van der Waals surface area contributed by atoms with Gasteiger partial charge in [0, 0.05) is 6.54 Å². The van der Waals surface area contributed by atoms with Crippen molar-refractivity contribution in [2.75, 3.05) is 19.8 Å². The van der Waals surface area contributed by atoms with Crippen molar-refractivity contribution in [3.8, 4) is 5.75 Å². The lowest BCUT2D eigenvalue weighted by Gasteiger charge is -2.19. The molecule has 0 N–H and O–H groups in total. The number of benzene rings is 1. The largest absolute Gasteiger partial charge is 0.493 e. The molecule has 0 aromatic heterocycles. The molecule has 4 heteroatoms. The minimum Gasteiger partial charge on any atom is -0.493 e. The Morgan fingerprint density at radius 2 is 2.24 bits per heavy atom. The average molecular weight is 235 g/mol. The van der Waals surface area contributed by atoms with Crippen molar-refractivity contribution in [3.05, 3.63) is 30.3 Å². The van der Waals surface area contributed by atoms with Gasteiger partial charge in [-0.05, 0) is 19.1 Å². The smallest absolute Gasteiger partial charge is 0.228 e. The van der Waals surface area contributed by atoms with Gasteiger partial charge in [0.05, 0.1) is 19.6 Å². The fourth-order valence-electron chi connectivity index (χ4n) is 1.84. The second-order valence-electron chi connectivity index (χ2n) is 3.97. The first kappa shape index (κ1) is 11.9. The predicted molar refractivity (Wildman–Crippen MR) is 63.7 cm³/mol. The van der Waals surface area contributed by atoms with Crippen LogP contribution in [0, 0.1) is 0 Å². The summed E-state index contributed by atoms with van der Waals surface area (Å²) >= 11 is 0. The topological polar surface area (TPSA) is 38.8 Å². The lowest BCUT2D eigenvalue weighted by molar-refractivity contribution is -0.135. The molecule has 1 saturated heterocycles. The van der Waals surface area contributed by atoms with E-state index in [0.717, 1.165) is 5.75 Å². The standard InChI is InChI=1S/C13H17NO3/c1-11-14(8-10-16-11)13(15)7-9-17-12-5-3-2-4-6-12/h2-6,11H,7-10H2,1H3. The Kier molecular flexibility index (Phi) is 3.98. The van der Waals surface area contributed by atoms with Crippen molar-refractivity contribution >= 4 is 5.91 Å². The first-order chi connectivity index (χ1) is 8.27. The third-order valence-electron chi connectivity index (χ3n) is 2.78. The van der Waals surface area contributed by atoms with Gasteiger partial charge in [0.25, 0.3) is 0 Å². The zero-order valence-corrected chi connectivity index (χ0v) is 9.96. The highest BCUT2D eigenvalue weighted by Crippen LogP contribution is 2.12. The normalized spacial score (nSPS) is 19.4. The van der Waals surface area contributed by atoms with Crippen molar-refractivity contribution in [1.29, 1.82) is 0 Å². The number of carbonyl (C=O) groups excluding carboxylic acids is 1. The van der Waals surface area contributed by atoms with E-state index >= 15 is 0 Å². The van der Waals surface area contributed by atoms with E-state index in [-0.39, 0.29) is 12.1 Å². The van der Waals surface area contributed by atoms with Crippen molar-refractivity contribution in [2.45, 2.75) is 19.6 Å². The first-order valence-corrected chi connectivity index (χ1v) is 5.86. The van der Waals surface area contributed by atoms with E-state index in [9.17, 15) is 4.79 Å². The molecule has 0 saturated carbocycles. The van der Waals surface area contributed by atoms with Crippen LogP contribution < -0.4 is 4.74 Å². The van der Waals surface area contributed by atoms with Crippen LogP contribution in [0.5, 0.6) is 5.75 Å². The lowest BCUT2D eigenvalue weighted by Crippen LogP contribution is -2.35. The van der Waals surface area contributed by atoms with E-state index in [0.29, 0.717) is 26.2 Å². The van der Waals surface area contributed by atoms with E-state index in [4.69, 9.17) is 9.47 Å². The highest BCUT2D eigenvalue weighted by Gasteiger charge is 2.25. The Balaban J connectivity index is 1.73. The lowest BCUT2D eigenvalue weighted by atomic mass is 10.3. The summed E-state index contributed by atoms with van der Waals surface area (Å²) in [6.07, 6.45) is 0.294. The molecule has 1 unspecified atom stereocenters. The molecule has 1 aliphatic rings. The summed E-state index contributed by atoms with van der Waals surface area (Å²) < 4.78 is 10.8. The van der Waals surface area contributed by atoms with E-state index in [1.165, 1.54) is 0 Å². The van der Waals surface area contributed by atoms with E-state index in [2.05, 4.69) is 0 Å². The van der Waals surface area contributed by atoms with Crippen molar-refractivity contribution in [1.82, 2.24) is 4.90 Å². The molecule has 4 nitrogen and oxygen atoms in total. The molecule has 1 atom stereocenters. The third-order valence-corrected chi connectivity index (χ3v) is 2.78. The van der Waals surface area contributed by atoms with Gasteiger partial charge in [0.1, 0.15) is 12.0 Å². The maximum Gasteiger partial charge on any atom is 0.228 e. The first-order valence-electron chi connectivity index (χ1n) is 5.86. The second-order valence-corrected chi connectivity index (χ2v) is 3.97. The van der Waals surface area contributed by atoms with Gasteiger partial charge in [-0.2, -0.15) is 0 Å². The SMILES string of the molecule is CC1OCCN1C(=O)CCOc1ccccc1. The zero-order chi connectivity index (χ0) is 12.1. The van der Waals surface area contributed by atoms with Crippen LogP contribution in [0.1, 0.15) is 13.3 Å². The second kappa shape index (κ2) is 5.68. The van der Waals surface area contributed by atoms with Gasteiger partial charge in [-0.3, -0.25) is 4.79 Å². The van der Waals surface area contributed by atoms with Crippen LogP contribution in [0.3, 0.4) is 0 Å². The molecule has 92 valence electrons. The highest BCUT2D eigenvalue weighted by atomic mass is 16.5. The van der Waals surface area contributed by atoms with E-state index in [1.54, 1.807) is 4.90 Å². The third kappa shape index (κ3) is 3.20. The Bertz CT molecular complexity index is 366. The summed E-state index contributed by atoms with van der Waals surface area (Å²) in [4.78, 5) is 13.6. The molecule has 1 aliphatic heterocycles. The van der Waals surface area contributed by atoms with Gasteiger partial charge < -0.3 is 14.4 Å². The Morgan fingerprint density at radius 3 is 2.88 bits per heavy atom. The molecule has 1 aromatic rings. The summed E-state index contributed by atoms with van der Waals surface area (Å²) in [5.41, 5.74) is 0. The maximum atomic E-state index is 11.8. The zero-order valence-electron chi connectivity index (χ0n) is 9.96. The number of amides is 1. The molecular weight excluding hydrogens is 218 g/mol. The Morgan fingerprint density at radius 1 is 1.47 bits per heavy atom. The molecule has 1 heterocycles. The van der Waals surface area contributed by atoms with Crippen LogP contribution >= 0.6 is 0 Å². The van der Waals surface area contributed by atoms with Crippen LogP contribution in [-0.4, -0.2) is 36.8 Å². The maximum absolute atomic E-state index is 11.8. The molecule has 0 spiro atoms. The van der Waals surface area contributed by atoms with Gasteiger partial charge >= 0.3 is 0 Å². The van der Waals surface area contributed by atoms with Crippen molar-refractivity contribution < 1.29 is 14.3 Å². The molecule has 0 aliphatic carbocycles. The van der Waals surface area contributed by atoms with Crippen LogP contribution in [-0.2, 0) is 9.53 Å². The van der Waals surface area contributed by atoms with E-state index < -0.39 is 0 Å². The minimum atomic E-state index is -0.0979.